The van der Waals surface area contributed by atoms with Crippen molar-refractivity contribution in [1.29, 1.82) is 0 Å². The number of nitrogens with zero attached hydrogens (tertiary/aromatic N) is 1. The number of carbonyl (C=O) groups excluding carboxylic acids is 1. The molecule has 1 aliphatic heterocycles. The standard InChI is InChI=1S/C21H19NO5/c23-20(16-8-3-1-4-9-16)22-14-18(15-25-17-10-5-2-6-11-17)26-21(27-22)19-12-7-13-24-19/h1-13,18,21H,14-15H2/t18-,21+/m0/s1. The molecule has 27 heavy (non-hydrogen) atoms. The first-order valence-corrected chi connectivity index (χ1v) is 8.70. The maximum Gasteiger partial charge on any atom is 0.277 e. The molecule has 2 atom stereocenters. The van der Waals surface area contributed by atoms with E-state index in [-0.39, 0.29) is 25.2 Å². The lowest BCUT2D eigenvalue weighted by Crippen LogP contribution is -2.47. The van der Waals surface area contributed by atoms with Crippen LogP contribution in [0.3, 0.4) is 0 Å². The first-order valence-electron chi connectivity index (χ1n) is 8.70. The maximum absolute atomic E-state index is 12.8. The van der Waals surface area contributed by atoms with Crippen molar-refractivity contribution in [3.8, 4) is 5.75 Å². The van der Waals surface area contributed by atoms with Crippen LogP contribution in [0.1, 0.15) is 22.4 Å². The van der Waals surface area contributed by atoms with Gasteiger partial charge in [0.05, 0.1) is 12.8 Å². The van der Waals surface area contributed by atoms with Gasteiger partial charge < -0.3 is 13.9 Å². The minimum atomic E-state index is -0.814. The molecule has 0 N–H and O–H groups in total. The van der Waals surface area contributed by atoms with Crippen LogP contribution in [0, 0.1) is 0 Å². The van der Waals surface area contributed by atoms with Gasteiger partial charge in [-0.25, -0.2) is 9.90 Å². The number of benzene rings is 2. The summed E-state index contributed by atoms with van der Waals surface area (Å²) >= 11 is 0. The van der Waals surface area contributed by atoms with Crippen molar-refractivity contribution in [2.45, 2.75) is 12.4 Å². The van der Waals surface area contributed by atoms with Crippen LogP contribution in [0.5, 0.6) is 5.75 Å². The largest absolute Gasteiger partial charge is 0.491 e. The lowest BCUT2D eigenvalue weighted by Gasteiger charge is -2.36. The third kappa shape index (κ3) is 4.19. The second kappa shape index (κ2) is 8.07. The fourth-order valence-corrected chi connectivity index (χ4v) is 2.78. The third-order valence-corrected chi connectivity index (χ3v) is 4.11. The van der Waals surface area contributed by atoms with Crippen molar-refractivity contribution in [2.75, 3.05) is 13.2 Å². The molecule has 2 heterocycles. The quantitative estimate of drug-likeness (QED) is 0.688. The van der Waals surface area contributed by atoms with E-state index in [1.54, 1.807) is 24.3 Å². The average Bonchev–Trinajstić information content (AvgIpc) is 3.28. The van der Waals surface area contributed by atoms with E-state index in [0.29, 0.717) is 11.3 Å². The number of rotatable bonds is 5. The molecule has 1 aromatic heterocycles. The van der Waals surface area contributed by atoms with E-state index < -0.39 is 6.29 Å². The highest BCUT2D eigenvalue weighted by Crippen LogP contribution is 2.28. The summed E-state index contributed by atoms with van der Waals surface area (Å²) in [5.41, 5.74) is 0.542. The molecular formula is C21H19NO5. The van der Waals surface area contributed by atoms with E-state index in [2.05, 4.69) is 0 Å². The fraction of sp³-hybridized carbons (Fsp3) is 0.190. The Balaban J connectivity index is 1.50. The number of furan rings is 1. The minimum Gasteiger partial charge on any atom is -0.491 e. The average molecular weight is 365 g/mol. The van der Waals surface area contributed by atoms with E-state index in [9.17, 15) is 4.79 Å². The zero-order valence-electron chi connectivity index (χ0n) is 14.6. The van der Waals surface area contributed by atoms with Crippen LogP contribution < -0.4 is 4.74 Å². The Labute approximate surface area is 156 Å². The maximum atomic E-state index is 12.8. The van der Waals surface area contributed by atoms with E-state index in [1.807, 2.05) is 48.5 Å². The van der Waals surface area contributed by atoms with E-state index in [1.165, 1.54) is 11.3 Å². The summed E-state index contributed by atoms with van der Waals surface area (Å²) in [6.45, 7) is 0.529. The molecule has 4 rings (SSSR count). The minimum absolute atomic E-state index is 0.236. The zero-order chi connectivity index (χ0) is 18.5. The van der Waals surface area contributed by atoms with Gasteiger partial charge in [0.25, 0.3) is 5.91 Å². The number of para-hydroxylation sites is 1. The molecule has 0 saturated carbocycles. The smallest absolute Gasteiger partial charge is 0.277 e. The van der Waals surface area contributed by atoms with Crippen molar-refractivity contribution in [1.82, 2.24) is 5.06 Å². The third-order valence-electron chi connectivity index (χ3n) is 4.11. The predicted molar refractivity (Wildman–Crippen MR) is 96.8 cm³/mol. The Morgan fingerprint density at radius 3 is 2.44 bits per heavy atom. The number of hydroxylamine groups is 2. The summed E-state index contributed by atoms with van der Waals surface area (Å²) in [5.74, 6) is 0.994. The number of hydrogen-bond donors (Lipinski definition) is 0. The Morgan fingerprint density at radius 2 is 1.74 bits per heavy atom. The SMILES string of the molecule is O=C(c1ccccc1)N1C[C@@H](COc2ccccc2)O[C@@H](c2ccco2)O1. The summed E-state index contributed by atoms with van der Waals surface area (Å²) in [4.78, 5) is 18.6. The lowest BCUT2D eigenvalue weighted by atomic mass is 10.2. The van der Waals surface area contributed by atoms with Gasteiger partial charge in [0, 0.05) is 5.56 Å². The Hall–Kier alpha value is -3.09. The summed E-state index contributed by atoms with van der Waals surface area (Å²) in [6.07, 6.45) is 0.350. The monoisotopic (exact) mass is 365 g/mol. The van der Waals surface area contributed by atoms with Crippen molar-refractivity contribution in [2.24, 2.45) is 0 Å². The van der Waals surface area contributed by atoms with Crippen molar-refractivity contribution < 1.29 is 23.5 Å². The first-order chi connectivity index (χ1) is 13.3. The molecule has 6 heteroatoms. The van der Waals surface area contributed by atoms with Crippen LogP contribution in [0.15, 0.2) is 83.5 Å². The molecule has 3 aromatic rings. The van der Waals surface area contributed by atoms with E-state index in [0.717, 1.165) is 5.75 Å². The second-order valence-electron chi connectivity index (χ2n) is 6.07. The molecule has 1 fully saturated rings. The first kappa shape index (κ1) is 17.3. The predicted octanol–water partition coefficient (Wildman–Crippen LogP) is 3.83. The van der Waals surface area contributed by atoms with E-state index >= 15 is 0 Å². The van der Waals surface area contributed by atoms with Gasteiger partial charge in [-0.15, -0.1) is 0 Å². The molecule has 138 valence electrons. The Kier molecular flexibility index (Phi) is 5.18. The van der Waals surface area contributed by atoms with Crippen molar-refractivity contribution in [3.63, 3.8) is 0 Å². The number of ether oxygens (including phenoxy) is 2. The highest BCUT2D eigenvalue weighted by Gasteiger charge is 2.35. The van der Waals surface area contributed by atoms with Gasteiger partial charge in [-0.3, -0.25) is 4.79 Å². The number of amides is 1. The van der Waals surface area contributed by atoms with Gasteiger partial charge in [0.15, 0.2) is 5.76 Å². The molecular weight excluding hydrogens is 346 g/mol. The van der Waals surface area contributed by atoms with Crippen LogP contribution in [-0.4, -0.2) is 30.2 Å². The second-order valence-corrected chi connectivity index (χ2v) is 6.07. The number of carbonyl (C=O) groups is 1. The van der Waals surface area contributed by atoms with Gasteiger partial charge in [0.2, 0.25) is 6.29 Å². The zero-order valence-corrected chi connectivity index (χ0v) is 14.6. The van der Waals surface area contributed by atoms with Gasteiger partial charge in [0.1, 0.15) is 18.5 Å². The molecule has 0 unspecified atom stereocenters. The van der Waals surface area contributed by atoms with Crippen LogP contribution in [0.25, 0.3) is 0 Å². The molecule has 2 aromatic carbocycles. The fourth-order valence-electron chi connectivity index (χ4n) is 2.78. The lowest BCUT2D eigenvalue weighted by molar-refractivity contribution is -0.330. The van der Waals surface area contributed by atoms with Crippen molar-refractivity contribution in [3.05, 3.63) is 90.4 Å². The highest BCUT2D eigenvalue weighted by atomic mass is 16.8. The van der Waals surface area contributed by atoms with Crippen LogP contribution in [-0.2, 0) is 9.57 Å². The van der Waals surface area contributed by atoms with E-state index in [4.69, 9.17) is 18.7 Å². The van der Waals surface area contributed by atoms with Gasteiger partial charge in [-0.2, -0.15) is 0 Å². The molecule has 1 amide bonds. The molecule has 0 spiro atoms. The topological polar surface area (TPSA) is 61.1 Å². The number of hydrogen-bond acceptors (Lipinski definition) is 5. The summed E-state index contributed by atoms with van der Waals surface area (Å²) in [6, 6.07) is 21.9. The molecule has 0 bridgehead atoms. The van der Waals surface area contributed by atoms with Gasteiger partial charge >= 0.3 is 0 Å². The molecule has 0 radical (unpaired) electrons. The van der Waals surface area contributed by atoms with Crippen molar-refractivity contribution >= 4 is 5.91 Å². The molecule has 1 aliphatic rings. The van der Waals surface area contributed by atoms with Crippen LogP contribution in [0.2, 0.25) is 0 Å². The molecule has 1 saturated heterocycles. The van der Waals surface area contributed by atoms with Gasteiger partial charge in [-0.1, -0.05) is 36.4 Å². The Morgan fingerprint density at radius 1 is 1.00 bits per heavy atom. The summed E-state index contributed by atoms with van der Waals surface area (Å²) < 4.78 is 17.1. The molecule has 6 nitrogen and oxygen atoms in total. The normalized spacial score (nSPS) is 19.6. The van der Waals surface area contributed by atoms with Gasteiger partial charge in [-0.05, 0) is 36.4 Å². The van der Waals surface area contributed by atoms with Crippen LogP contribution in [0.4, 0.5) is 0 Å². The molecule has 0 aliphatic carbocycles. The van der Waals surface area contributed by atoms with Crippen LogP contribution >= 0.6 is 0 Å². The summed E-state index contributed by atoms with van der Waals surface area (Å²) in [7, 11) is 0. The highest BCUT2D eigenvalue weighted by molar-refractivity contribution is 5.93. The summed E-state index contributed by atoms with van der Waals surface area (Å²) in [5, 5.41) is 1.31. The Bertz CT molecular complexity index is 851.